The monoisotopic (exact) mass is 88.1 g/mol. The van der Waals surface area contributed by atoms with Gasteiger partial charge < -0.3 is 11.5 Å². The SMILES string of the molecule is CCC(C)(N)N. The van der Waals surface area contributed by atoms with Gasteiger partial charge in [0, 0.05) is 0 Å². The Balaban J connectivity index is 3.17. The van der Waals surface area contributed by atoms with Crippen LogP contribution in [0.2, 0.25) is 0 Å². The first-order chi connectivity index (χ1) is 2.56. The molecule has 0 aliphatic carbocycles. The van der Waals surface area contributed by atoms with Gasteiger partial charge in [-0.3, -0.25) is 0 Å². The lowest BCUT2D eigenvalue weighted by molar-refractivity contribution is 0.473. The fourth-order valence-corrected chi connectivity index (χ4v) is 0. The zero-order valence-electron chi connectivity index (χ0n) is 4.36. The molecule has 0 aromatic carbocycles. The van der Waals surface area contributed by atoms with Crippen LogP contribution in [-0.4, -0.2) is 5.66 Å². The number of hydrogen-bond acceptors (Lipinski definition) is 2. The predicted octanol–water partition coefficient (Wildman–Crippen LogP) is 0.0300. The Morgan fingerprint density at radius 3 is 1.67 bits per heavy atom. The molecule has 0 aromatic rings. The Hall–Kier alpha value is -0.0800. The fourth-order valence-electron chi connectivity index (χ4n) is 0. The van der Waals surface area contributed by atoms with Crippen LogP contribution in [0.5, 0.6) is 0 Å². The third kappa shape index (κ3) is 3.92. The molecule has 0 amide bonds. The van der Waals surface area contributed by atoms with Crippen molar-refractivity contribution in [1.29, 1.82) is 0 Å². The first-order valence-electron chi connectivity index (χ1n) is 2.14. The van der Waals surface area contributed by atoms with Gasteiger partial charge in [-0.15, -0.1) is 0 Å². The molecular formula is C4H12N2. The van der Waals surface area contributed by atoms with Crippen LogP contribution >= 0.6 is 0 Å². The van der Waals surface area contributed by atoms with E-state index in [0.717, 1.165) is 6.42 Å². The van der Waals surface area contributed by atoms with Gasteiger partial charge in [-0.2, -0.15) is 0 Å². The maximum Gasteiger partial charge on any atom is 0.0604 e. The van der Waals surface area contributed by atoms with E-state index < -0.39 is 5.66 Å². The predicted molar refractivity (Wildman–Crippen MR) is 27.1 cm³/mol. The quantitative estimate of drug-likeness (QED) is 0.444. The van der Waals surface area contributed by atoms with Crippen LogP contribution < -0.4 is 11.5 Å². The Bertz CT molecular complexity index is 35.3. The van der Waals surface area contributed by atoms with Crippen molar-refractivity contribution in [3.63, 3.8) is 0 Å². The molecule has 0 unspecified atom stereocenters. The maximum absolute atomic E-state index is 5.31. The highest BCUT2D eigenvalue weighted by atomic mass is 14.9. The van der Waals surface area contributed by atoms with Crippen LogP contribution in [0.15, 0.2) is 0 Å². The van der Waals surface area contributed by atoms with E-state index in [9.17, 15) is 0 Å². The Morgan fingerprint density at radius 2 is 1.67 bits per heavy atom. The van der Waals surface area contributed by atoms with Gasteiger partial charge >= 0.3 is 0 Å². The highest BCUT2D eigenvalue weighted by molar-refractivity contribution is 4.64. The van der Waals surface area contributed by atoms with Gasteiger partial charge in [0.15, 0.2) is 0 Å². The smallest absolute Gasteiger partial charge is 0.0604 e. The molecule has 6 heavy (non-hydrogen) atoms. The number of nitrogens with two attached hydrogens (primary N) is 2. The highest BCUT2D eigenvalue weighted by Crippen LogP contribution is 1.90. The van der Waals surface area contributed by atoms with Crippen molar-refractivity contribution >= 4 is 0 Å². The summed E-state index contributed by atoms with van der Waals surface area (Å²) >= 11 is 0. The highest BCUT2D eigenvalue weighted by Gasteiger charge is 2.03. The molecule has 0 heterocycles. The largest absolute Gasteiger partial charge is 0.314 e. The molecule has 38 valence electrons. The van der Waals surface area contributed by atoms with Crippen LogP contribution in [-0.2, 0) is 0 Å². The van der Waals surface area contributed by atoms with E-state index in [-0.39, 0.29) is 0 Å². The second-order valence-corrected chi connectivity index (χ2v) is 1.86. The van der Waals surface area contributed by atoms with Crippen molar-refractivity contribution in [3.8, 4) is 0 Å². The van der Waals surface area contributed by atoms with Gasteiger partial charge in [0.1, 0.15) is 0 Å². The maximum atomic E-state index is 5.31. The zero-order valence-corrected chi connectivity index (χ0v) is 4.36. The standard InChI is InChI=1S/C4H12N2/c1-3-4(2,5)6/h3,5-6H2,1-2H3. The summed E-state index contributed by atoms with van der Waals surface area (Å²) in [5.41, 5.74) is 10.2. The van der Waals surface area contributed by atoms with Crippen LogP contribution in [0, 0.1) is 0 Å². The zero-order chi connectivity index (χ0) is 5.21. The molecular weight excluding hydrogens is 76.1 g/mol. The average Bonchev–Trinajstić information content (AvgIpc) is 1.35. The molecule has 2 heteroatoms. The van der Waals surface area contributed by atoms with Gasteiger partial charge in [0.2, 0.25) is 0 Å². The third-order valence-electron chi connectivity index (χ3n) is 0.762. The van der Waals surface area contributed by atoms with E-state index >= 15 is 0 Å². The van der Waals surface area contributed by atoms with Crippen molar-refractivity contribution in [3.05, 3.63) is 0 Å². The van der Waals surface area contributed by atoms with Gasteiger partial charge in [-0.05, 0) is 13.3 Å². The van der Waals surface area contributed by atoms with Crippen molar-refractivity contribution < 1.29 is 0 Å². The minimum Gasteiger partial charge on any atom is -0.314 e. The molecule has 0 radical (unpaired) electrons. The second kappa shape index (κ2) is 1.58. The van der Waals surface area contributed by atoms with Crippen LogP contribution in [0.3, 0.4) is 0 Å². The van der Waals surface area contributed by atoms with E-state index in [1.54, 1.807) is 6.92 Å². The molecule has 0 atom stereocenters. The van der Waals surface area contributed by atoms with E-state index in [2.05, 4.69) is 0 Å². The molecule has 2 nitrogen and oxygen atoms in total. The lowest BCUT2D eigenvalue weighted by Crippen LogP contribution is -2.44. The van der Waals surface area contributed by atoms with Crippen molar-refractivity contribution in [2.24, 2.45) is 11.5 Å². The summed E-state index contributed by atoms with van der Waals surface area (Å²) in [6, 6.07) is 0. The molecule has 0 saturated heterocycles. The molecule has 0 bridgehead atoms. The van der Waals surface area contributed by atoms with Gasteiger partial charge in [0.05, 0.1) is 5.66 Å². The Morgan fingerprint density at radius 1 is 1.50 bits per heavy atom. The fraction of sp³-hybridized carbons (Fsp3) is 1.00. The first-order valence-corrected chi connectivity index (χ1v) is 2.14. The minimum atomic E-state index is -0.458. The first kappa shape index (κ1) is 5.92. The van der Waals surface area contributed by atoms with Crippen LogP contribution in [0.25, 0.3) is 0 Å². The summed E-state index contributed by atoms with van der Waals surface area (Å²) < 4.78 is 0. The topological polar surface area (TPSA) is 52.0 Å². The van der Waals surface area contributed by atoms with Gasteiger partial charge in [-0.25, -0.2) is 0 Å². The summed E-state index contributed by atoms with van der Waals surface area (Å²) in [6.07, 6.45) is 0.826. The molecule has 0 aliphatic heterocycles. The Kier molecular flexibility index (Phi) is 1.56. The summed E-state index contributed by atoms with van der Waals surface area (Å²) in [6.45, 7) is 3.76. The average molecular weight is 88.2 g/mol. The third-order valence-corrected chi connectivity index (χ3v) is 0.762. The molecule has 0 fully saturated rings. The van der Waals surface area contributed by atoms with Crippen molar-refractivity contribution in [2.75, 3.05) is 0 Å². The lowest BCUT2D eigenvalue weighted by Gasteiger charge is -2.13. The van der Waals surface area contributed by atoms with Crippen LogP contribution in [0.1, 0.15) is 20.3 Å². The van der Waals surface area contributed by atoms with Crippen LogP contribution in [0.4, 0.5) is 0 Å². The molecule has 0 aromatic heterocycles. The van der Waals surface area contributed by atoms with E-state index in [0.29, 0.717) is 0 Å². The van der Waals surface area contributed by atoms with E-state index in [1.807, 2.05) is 6.92 Å². The lowest BCUT2D eigenvalue weighted by atomic mass is 10.2. The summed E-state index contributed by atoms with van der Waals surface area (Å²) in [5, 5.41) is 0. The summed E-state index contributed by atoms with van der Waals surface area (Å²) in [5.74, 6) is 0. The van der Waals surface area contributed by atoms with E-state index in [1.165, 1.54) is 0 Å². The second-order valence-electron chi connectivity index (χ2n) is 1.86. The Labute approximate surface area is 38.5 Å². The summed E-state index contributed by atoms with van der Waals surface area (Å²) in [4.78, 5) is 0. The normalized spacial score (nSPS) is 12.0. The van der Waals surface area contributed by atoms with E-state index in [4.69, 9.17) is 11.5 Å². The molecule has 4 N–H and O–H groups in total. The van der Waals surface area contributed by atoms with Gasteiger partial charge in [0.25, 0.3) is 0 Å². The van der Waals surface area contributed by atoms with Gasteiger partial charge in [-0.1, -0.05) is 6.92 Å². The summed E-state index contributed by atoms with van der Waals surface area (Å²) in [7, 11) is 0. The molecule has 0 spiro atoms. The van der Waals surface area contributed by atoms with Crippen molar-refractivity contribution in [1.82, 2.24) is 0 Å². The molecule has 0 saturated carbocycles. The minimum absolute atomic E-state index is 0.458. The molecule has 0 aliphatic rings. The number of rotatable bonds is 1. The number of hydrogen-bond donors (Lipinski definition) is 2. The van der Waals surface area contributed by atoms with Crippen molar-refractivity contribution in [2.45, 2.75) is 25.9 Å². The molecule has 0 rings (SSSR count).